The lowest BCUT2D eigenvalue weighted by Crippen LogP contribution is -3.00. The maximum atomic E-state index is 9.76. The fourth-order valence-corrected chi connectivity index (χ4v) is 2.41. The normalized spacial score (nSPS) is 11.3. The van der Waals surface area contributed by atoms with Crippen LogP contribution in [0.3, 0.4) is 0 Å². The second-order valence-corrected chi connectivity index (χ2v) is 5.42. The Morgan fingerprint density at radius 1 is 0.667 bits per heavy atom. The van der Waals surface area contributed by atoms with Crippen LogP contribution >= 0.6 is 0 Å². The van der Waals surface area contributed by atoms with E-state index < -0.39 is 0 Å². The molecule has 0 radical (unpaired) electrons. The van der Waals surface area contributed by atoms with E-state index in [-0.39, 0.29) is 12.4 Å². The Labute approximate surface area is 121 Å². The Hall–Kier alpha value is 0.210. The third-order valence-corrected chi connectivity index (χ3v) is 3.76. The molecule has 0 spiro atoms. The lowest BCUT2D eigenvalue weighted by atomic mass is 10.1. The first kappa shape index (κ1) is 20.5. The molecule has 0 unspecified atom stereocenters. The quantitative estimate of drug-likeness (QED) is 0.320. The van der Waals surface area contributed by atoms with Gasteiger partial charge in [0.05, 0.1) is 19.6 Å². The van der Waals surface area contributed by atoms with Crippen molar-refractivity contribution in [3.63, 3.8) is 0 Å². The topological polar surface area (TPSA) is 20.2 Å². The first-order chi connectivity index (χ1) is 8.24. The molecular weight excluding hydrogens is 246 g/mol. The number of unbranched alkanes of at least 4 members (excludes halogenated alkanes) is 5. The molecule has 18 heavy (non-hydrogen) atoms. The average molecular weight is 280 g/mol. The van der Waals surface area contributed by atoms with Crippen molar-refractivity contribution in [2.45, 2.75) is 72.1 Å². The SMILES string of the molecule is CCCCCC[N+](CO)(CCCC)CCCC.[Cl-]. The Balaban J connectivity index is 0. The van der Waals surface area contributed by atoms with Gasteiger partial charge in [0.15, 0.2) is 6.73 Å². The van der Waals surface area contributed by atoms with Gasteiger partial charge >= 0.3 is 0 Å². The van der Waals surface area contributed by atoms with E-state index >= 15 is 0 Å². The number of halogens is 1. The smallest absolute Gasteiger partial charge is 0.180 e. The maximum Gasteiger partial charge on any atom is 0.180 e. The molecule has 0 aliphatic heterocycles. The van der Waals surface area contributed by atoms with Crippen molar-refractivity contribution in [1.29, 1.82) is 0 Å². The molecule has 0 bridgehead atoms. The minimum atomic E-state index is 0. The summed E-state index contributed by atoms with van der Waals surface area (Å²) in [5.41, 5.74) is 0. The zero-order valence-electron chi connectivity index (χ0n) is 12.8. The van der Waals surface area contributed by atoms with Crippen molar-refractivity contribution < 1.29 is 22.0 Å². The van der Waals surface area contributed by atoms with Crippen molar-refractivity contribution in [3.8, 4) is 0 Å². The monoisotopic (exact) mass is 279 g/mol. The zero-order valence-corrected chi connectivity index (χ0v) is 13.5. The van der Waals surface area contributed by atoms with Gasteiger partial charge in [-0.1, -0.05) is 46.5 Å². The number of quaternary nitrogens is 1. The van der Waals surface area contributed by atoms with Crippen LogP contribution in [0.1, 0.15) is 72.1 Å². The van der Waals surface area contributed by atoms with Crippen LogP contribution in [-0.4, -0.2) is 36.0 Å². The van der Waals surface area contributed by atoms with Crippen LogP contribution in [0.5, 0.6) is 0 Å². The van der Waals surface area contributed by atoms with Gasteiger partial charge in [-0.3, -0.25) is 0 Å². The fraction of sp³-hybridized carbons (Fsp3) is 1.00. The molecule has 0 aromatic rings. The molecule has 2 nitrogen and oxygen atoms in total. The van der Waals surface area contributed by atoms with E-state index in [0.29, 0.717) is 6.73 Å². The molecule has 0 aliphatic rings. The second kappa shape index (κ2) is 13.6. The summed E-state index contributed by atoms with van der Waals surface area (Å²) in [5.74, 6) is 0. The molecule has 0 aliphatic carbocycles. The molecule has 3 heteroatoms. The van der Waals surface area contributed by atoms with E-state index in [1.807, 2.05) is 0 Å². The maximum absolute atomic E-state index is 9.76. The molecular formula is C15H34ClNO. The summed E-state index contributed by atoms with van der Waals surface area (Å²) >= 11 is 0. The number of hydrogen-bond donors (Lipinski definition) is 1. The van der Waals surface area contributed by atoms with Crippen LogP contribution < -0.4 is 12.4 Å². The predicted molar refractivity (Wildman–Crippen MR) is 75.9 cm³/mol. The van der Waals surface area contributed by atoms with E-state index in [4.69, 9.17) is 0 Å². The minimum absolute atomic E-state index is 0. The summed E-state index contributed by atoms with van der Waals surface area (Å²) in [6, 6.07) is 0. The van der Waals surface area contributed by atoms with Gasteiger partial charge in [0.25, 0.3) is 0 Å². The van der Waals surface area contributed by atoms with Crippen molar-refractivity contribution in [1.82, 2.24) is 0 Å². The number of aliphatic hydroxyl groups is 1. The Bertz CT molecular complexity index is 157. The van der Waals surface area contributed by atoms with Crippen LogP contribution in [-0.2, 0) is 0 Å². The third-order valence-electron chi connectivity index (χ3n) is 3.76. The van der Waals surface area contributed by atoms with Gasteiger partial charge in [0, 0.05) is 0 Å². The van der Waals surface area contributed by atoms with Crippen LogP contribution in [0.25, 0.3) is 0 Å². The van der Waals surface area contributed by atoms with Crippen LogP contribution in [0.4, 0.5) is 0 Å². The number of hydrogen-bond acceptors (Lipinski definition) is 1. The molecule has 0 heterocycles. The van der Waals surface area contributed by atoms with Gasteiger partial charge in [-0.05, 0) is 25.7 Å². The van der Waals surface area contributed by atoms with E-state index in [1.54, 1.807) is 0 Å². The number of rotatable bonds is 12. The number of aliphatic hydroxyl groups excluding tert-OH is 1. The molecule has 112 valence electrons. The van der Waals surface area contributed by atoms with Crippen LogP contribution in [0.2, 0.25) is 0 Å². The van der Waals surface area contributed by atoms with Gasteiger partial charge in [-0.15, -0.1) is 0 Å². The highest BCUT2D eigenvalue weighted by Gasteiger charge is 2.24. The molecule has 0 saturated carbocycles. The van der Waals surface area contributed by atoms with Crippen molar-refractivity contribution in [2.24, 2.45) is 0 Å². The van der Waals surface area contributed by atoms with Crippen molar-refractivity contribution in [2.75, 3.05) is 26.4 Å². The molecule has 0 saturated heterocycles. The molecule has 0 atom stereocenters. The highest BCUT2D eigenvalue weighted by Crippen LogP contribution is 2.14. The van der Waals surface area contributed by atoms with Gasteiger partial charge in [-0.25, -0.2) is 0 Å². The Morgan fingerprint density at radius 3 is 1.50 bits per heavy atom. The average Bonchev–Trinajstić information content (AvgIpc) is 2.37. The van der Waals surface area contributed by atoms with Crippen molar-refractivity contribution in [3.05, 3.63) is 0 Å². The van der Waals surface area contributed by atoms with E-state index in [1.165, 1.54) is 71.0 Å². The summed E-state index contributed by atoms with van der Waals surface area (Å²) in [6.07, 6.45) is 10.2. The predicted octanol–water partition coefficient (Wildman–Crippen LogP) is 0.938. The summed E-state index contributed by atoms with van der Waals surface area (Å²) in [5, 5.41) is 9.76. The van der Waals surface area contributed by atoms with Crippen LogP contribution in [0, 0.1) is 0 Å². The summed E-state index contributed by atoms with van der Waals surface area (Å²) in [4.78, 5) is 0. The molecule has 1 N–H and O–H groups in total. The highest BCUT2D eigenvalue weighted by molar-refractivity contribution is 4.47. The molecule has 0 aromatic heterocycles. The summed E-state index contributed by atoms with van der Waals surface area (Å²) in [6.45, 7) is 10.6. The first-order valence-corrected chi connectivity index (χ1v) is 7.70. The van der Waals surface area contributed by atoms with E-state index in [2.05, 4.69) is 20.8 Å². The number of nitrogens with zero attached hydrogens (tertiary/aromatic N) is 1. The lowest BCUT2D eigenvalue weighted by molar-refractivity contribution is -0.945. The first-order valence-electron chi connectivity index (χ1n) is 7.70. The van der Waals surface area contributed by atoms with Gasteiger partial charge in [0.1, 0.15) is 0 Å². The van der Waals surface area contributed by atoms with Gasteiger partial charge in [-0.2, -0.15) is 0 Å². The second-order valence-electron chi connectivity index (χ2n) is 5.42. The van der Waals surface area contributed by atoms with Gasteiger partial charge in [0.2, 0.25) is 0 Å². The van der Waals surface area contributed by atoms with Gasteiger partial charge < -0.3 is 22.0 Å². The van der Waals surface area contributed by atoms with E-state index in [9.17, 15) is 5.11 Å². The lowest BCUT2D eigenvalue weighted by Gasteiger charge is -2.37. The summed E-state index contributed by atoms with van der Waals surface area (Å²) < 4.78 is 0.950. The van der Waals surface area contributed by atoms with E-state index in [0.717, 1.165) is 4.48 Å². The van der Waals surface area contributed by atoms with Crippen molar-refractivity contribution >= 4 is 0 Å². The zero-order chi connectivity index (χ0) is 13.0. The molecule has 0 aromatic carbocycles. The molecule has 0 amide bonds. The third kappa shape index (κ3) is 9.18. The highest BCUT2D eigenvalue weighted by atomic mass is 35.5. The summed E-state index contributed by atoms with van der Waals surface area (Å²) in [7, 11) is 0. The minimum Gasteiger partial charge on any atom is -1.00 e. The standard InChI is InChI=1S/C15H34NO.ClH/c1-4-7-10-11-14-16(15-17,12-8-5-2)13-9-6-3;/h17H,4-15H2,1-3H3;1H/q+1;/p-1. The Morgan fingerprint density at radius 2 is 1.11 bits per heavy atom. The van der Waals surface area contributed by atoms with Crippen LogP contribution in [0.15, 0.2) is 0 Å². The fourth-order valence-electron chi connectivity index (χ4n) is 2.41. The molecule has 0 rings (SSSR count). The molecule has 0 fully saturated rings. The largest absolute Gasteiger partial charge is 1.00 e. The Kier molecular flexibility index (Phi) is 15.6.